The Morgan fingerprint density at radius 1 is 1.23 bits per heavy atom. The molecule has 2 aliphatic rings. The molecule has 2 amide bonds. The molecular formula is C20H28FN5O3S. The van der Waals surface area contributed by atoms with Crippen LogP contribution in [0, 0.1) is 5.82 Å². The van der Waals surface area contributed by atoms with E-state index in [4.69, 9.17) is 0 Å². The number of carbonyl (C=O) groups is 1. The molecule has 0 spiro atoms. The van der Waals surface area contributed by atoms with Crippen molar-refractivity contribution in [3.05, 3.63) is 54.0 Å². The smallest absolute Gasteiger partial charge is 0.294 e. The van der Waals surface area contributed by atoms with Crippen molar-refractivity contribution in [2.75, 3.05) is 31.3 Å². The number of benzene rings is 1. The first-order valence-electron chi connectivity index (χ1n) is 9.82. The predicted molar refractivity (Wildman–Crippen MR) is 114 cm³/mol. The Kier molecular flexibility index (Phi) is 6.79. The number of anilines is 1. The molecule has 1 aromatic rings. The number of sulfonamides is 1. The zero-order valence-corrected chi connectivity index (χ0v) is 18.2. The quantitative estimate of drug-likeness (QED) is 0.690. The minimum atomic E-state index is -3.23. The number of hydrogen-bond donors (Lipinski definition) is 2. The fraction of sp³-hybridized carbons (Fsp3) is 0.450. The Morgan fingerprint density at radius 3 is 2.67 bits per heavy atom. The summed E-state index contributed by atoms with van der Waals surface area (Å²) in [6.07, 6.45) is 8.36. The summed E-state index contributed by atoms with van der Waals surface area (Å²) in [4.78, 5) is 15.9. The number of nitrogens with zero attached hydrogens (tertiary/aromatic N) is 3. The standard InChI is InChI=1S/C20H28FN5O3S/c1-15-7-4-5-10-26(15)20(27)23-22-18-9-6-8-17(19(18)21)14-24-11-12-25(13-16(24)2)30(3,28)29/h4-10,15-16,22H,11-14H2,1-3H3,(H,23,27)/t15?,16-/m1/s1. The number of rotatable bonds is 5. The van der Waals surface area contributed by atoms with Crippen molar-refractivity contribution in [2.45, 2.75) is 32.5 Å². The summed E-state index contributed by atoms with van der Waals surface area (Å²) >= 11 is 0. The molecule has 0 radical (unpaired) electrons. The third-order valence-electron chi connectivity index (χ3n) is 5.37. The summed E-state index contributed by atoms with van der Waals surface area (Å²) in [5, 5.41) is 0. The Bertz CT molecular complexity index is 950. The summed E-state index contributed by atoms with van der Waals surface area (Å²) < 4.78 is 40.0. The second kappa shape index (κ2) is 9.15. The third-order valence-corrected chi connectivity index (χ3v) is 6.64. The summed E-state index contributed by atoms with van der Waals surface area (Å²) in [5.41, 5.74) is 5.84. The monoisotopic (exact) mass is 437 g/mol. The molecule has 0 aliphatic carbocycles. The van der Waals surface area contributed by atoms with E-state index in [0.717, 1.165) is 0 Å². The summed E-state index contributed by atoms with van der Waals surface area (Å²) in [6, 6.07) is 4.44. The normalized spacial score (nSPS) is 22.9. The fourth-order valence-electron chi connectivity index (χ4n) is 3.55. The van der Waals surface area contributed by atoms with Crippen LogP contribution in [-0.4, -0.2) is 66.5 Å². The van der Waals surface area contributed by atoms with E-state index in [9.17, 15) is 13.2 Å². The van der Waals surface area contributed by atoms with Gasteiger partial charge in [0, 0.05) is 44.0 Å². The van der Waals surface area contributed by atoms with E-state index >= 15 is 4.39 Å². The predicted octanol–water partition coefficient (Wildman–Crippen LogP) is 2.10. The Hall–Kier alpha value is -2.43. The van der Waals surface area contributed by atoms with E-state index in [-0.39, 0.29) is 17.8 Å². The lowest BCUT2D eigenvalue weighted by molar-refractivity contribution is 0.121. The number of halogens is 1. The first kappa shape index (κ1) is 22.3. The van der Waals surface area contributed by atoms with Gasteiger partial charge in [-0.2, -0.15) is 4.31 Å². The van der Waals surface area contributed by atoms with Crippen molar-refractivity contribution in [3.8, 4) is 0 Å². The van der Waals surface area contributed by atoms with Crippen LogP contribution in [-0.2, 0) is 16.6 Å². The molecule has 2 aliphatic heterocycles. The molecular weight excluding hydrogens is 409 g/mol. The number of hydrazine groups is 1. The van der Waals surface area contributed by atoms with Gasteiger partial charge in [-0.25, -0.2) is 17.6 Å². The van der Waals surface area contributed by atoms with Crippen LogP contribution in [0.2, 0.25) is 0 Å². The number of amides is 2. The lowest BCUT2D eigenvalue weighted by Crippen LogP contribution is -2.52. The van der Waals surface area contributed by atoms with Crippen molar-refractivity contribution >= 4 is 21.7 Å². The molecule has 1 aromatic carbocycles. The average Bonchev–Trinajstić information content (AvgIpc) is 2.69. The van der Waals surface area contributed by atoms with E-state index < -0.39 is 21.9 Å². The van der Waals surface area contributed by atoms with Gasteiger partial charge in [0.2, 0.25) is 10.0 Å². The van der Waals surface area contributed by atoms with Gasteiger partial charge >= 0.3 is 6.03 Å². The number of piperazine rings is 1. The van der Waals surface area contributed by atoms with E-state index in [1.165, 1.54) is 15.5 Å². The molecule has 0 saturated carbocycles. The zero-order chi connectivity index (χ0) is 21.9. The average molecular weight is 438 g/mol. The molecule has 8 nitrogen and oxygen atoms in total. The number of nitrogens with one attached hydrogen (secondary N) is 2. The fourth-order valence-corrected chi connectivity index (χ4v) is 4.45. The van der Waals surface area contributed by atoms with Crippen LogP contribution in [0.15, 0.2) is 42.6 Å². The van der Waals surface area contributed by atoms with Crippen molar-refractivity contribution < 1.29 is 17.6 Å². The van der Waals surface area contributed by atoms with Gasteiger partial charge in [-0.3, -0.25) is 20.7 Å². The molecule has 2 atom stereocenters. The second-order valence-corrected chi connectivity index (χ2v) is 9.63. The SMILES string of the molecule is CC1C=CC=CN1C(=O)NNc1cccc(CN2CCN(S(C)(=O)=O)C[C@H]2C)c1F. The van der Waals surface area contributed by atoms with Gasteiger partial charge in [0.15, 0.2) is 5.82 Å². The lowest BCUT2D eigenvalue weighted by atomic mass is 10.1. The van der Waals surface area contributed by atoms with Crippen LogP contribution in [0.5, 0.6) is 0 Å². The van der Waals surface area contributed by atoms with E-state index in [2.05, 4.69) is 15.8 Å². The molecule has 1 saturated heterocycles. The molecule has 10 heteroatoms. The number of urea groups is 1. The number of hydrogen-bond acceptors (Lipinski definition) is 5. The van der Waals surface area contributed by atoms with E-state index in [1.54, 1.807) is 30.5 Å². The molecule has 30 heavy (non-hydrogen) atoms. The van der Waals surface area contributed by atoms with Gasteiger partial charge in [-0.1, -0.05) is 24.3 Å². The van der Waals surface area contributed by atoms with Crippen molar-refractivity contribution in [1.82, 2.24) is 19.5 Å². The molecule has 1 unspecified atom stereocenters. The first-order valence-corrected chi connectivity index (χ1v) is 11.7. The van der Waals surface area contributed by atoms with Crippen molar-refractivity contribution in [2.24, 2.45) is 0 Å². The first-order chi connectivity index (χ1) is 14.2. The summed E-state index contributed by atoms with van der Waals surface area (Å²) in [6.45, 7) is 5.45. The number of carbonyl (C=O) groups excluding carboxylic acids is 1. The molecule has 2 heterocycles. The van der Waals surface area contributed by atoms with Crippen LogP contribution in [0.1, 0.15) is 19.4 Å². The van der Waals surface area contributed by atoms with Gasteiger partial charge in [-0.05, 0) is 26.0 Å². The zero-order valence-electron chi connectivity index (χ0n) is 17.4. The number of allylic oxidation sites excluding steroid dienone is 2. The second-order valence-electron chi connectivity index (χ2n) is 7.65. The highest BCUT2D eigenvalue weighted by Crippen LogP contribution is 2.22. The van der Waals surface area contributed by atoms with Crippen LogP contribution >= 0.6 is 0 Å². The van der Waals surface area contributed by atoms with Crippen LogP contribution in [0.4, 0.5) is 14.9 Å². The molecule has 164 valence electrons. The highest BCUT2D eigenvalue weighted by molar-refractivity contribution is 7.88. The van der Waals surface area contributed by atoms with Crippen LogP contribution < -0.4 is 10.9 Å². The van der Waals surface area contributed by atoms with Crippen LogP contribution in [0.25, 0.3) is 0 Å². The maximum absolute atomic E-state index is 15.0. The Balaban J connectivity index is 1.62. The molecule has 1 fully saturated rings. The van der Waals surface area contributed by atoms with E-state index in [1.807, 2.05) is 26.0 Å². The maximum Gasteiger partial charge on any atom is 0.340 e. The highest BCUT2D eigenvalue weighted by Gasteiger charge is 2.29. The minimum Gasteiger partial charge on any atom is -0.294 e. The van der Waals surface area contributed by atoms with Gasteiger partial charge < -0.3 is 0 Å². The Morgan fingerprint density at radius 2 is 2.00 bits per heavy atom. The highest BCUT2D eigenvalue weighted by atomic mass is 32.2. The Labute approximate surface area is 177 Å². The summed E-state index contributed by atoms with van der Waals surface area (Å²) in [7, 11) is -3.23. The van der Waals surface area contributed by atoms with Crippen molar-refractivity contribution in [3.63, 3.8) is 0 Å². The lowest BCUT2D eigenvalue weighted by Gasteiger charge is -2.38. The van der Waals surface area contributed by atoms with Gasteiger partial charge in [0.05, 0.1) is 18.0 Å². The molecule has 2 N–H and O–H groups in total. The molecule has 3 rings (SSSR count). The van der Waals surface area contributed by atoms with E-state index in [0.29, 0.717) is 31.7 Å². The van der Waals surface area contributed by atoms with Crippen LogP contribution in [0.3, 0.4) is 0 Å². The van der Waals surface area contributed by atoms with Gasteiger partial charge in [-0.15, -0.1) is 0 Å². The molecule has 0 bridgehead atoms. The molecule has 0 aromatic heterocycles. The van der Waals surface area contributed by atoms with Gasteiger partial charge in [0.1, 0.15) is 0 Å². The topological polar surface area (TPSA) is 85.0 Å². The van der Waals surface area contributed by atoms with Gasteiger partial charge in [0.25, 0.3) is 0 Å². The summed E-state index contributed by atoms with van der Waals surface area (Å²) in [5.74, 6) is -0.447. The van der Waals surface area contributed by atoms with Crippen molar-refractivity contribution in [1.29, 1.82) is 0 Å². The third kappa shape index (κ3) is 5.18. The largest absolute Gasteiger partial charge is 0.340 e. The maximum atomic E-state index is 15.0. The minimum absolute atomic E-state index is 0.0374.